The van der Waals surface area contributed by atoms with E-state index in [4.69, 9.17) is 0 Å². The van der Waals surface area contributed by atoms with Gasteiger partial charge in [-0.2, -0.15) is 0 Å². The van der Waals surface area contributed by atoms with E-state index in [1.807, 2.05) is 25.3 Å². The van der Waals surface area contributed by atoms with Crippen LogP contribution in [-0.2, 0) is 0 Å². The first-order valence-electron chi connectivity index (χ1n) is 9.89. The van der Waals surface area contributed by atoms with Gasteiger partial charge >= 0.3 is 0 Å². The van der Waals surface area contributed by atoms with Crippen molar-refractivity contribution in [2.75, 3.05) is 6.54 Å². The summed E-state index contributed by atoms with van der Waals surface area (Å²) in [4.78, 5) is 21.8. The number of aryl methyl sites for hydroxylation is 1. The first-order valence-corrected chi connectivity index (χ1v) is 9.89. The van der Waals surface area contributed by atoms with Crippen molar-refractivity contribution < 1.29 is 4.39 Å². The fourth-order valence-electron chi connectivity index (χ4n) is 4.27. The summed E-state index contributed by atoms with van der Waals surface area (Å²) in [5.74, 6) is -0.376. The SMILES string of the molecule is Cc1cn2cc(-c3ccc4c(=O)n([C@H]5CCN[C@H](C)C5)cnc4c3)cc(F)c2n1. The Hall–Kier alpha value is -3.06. The number of halogens is 1. The molecule has 148 valence electrons. The van der Waals surface area contributed by atoms with Crippen LogP contribution in [0.15, 0.2) is 47.8 Å². The van der Waals surface area contributed by atoms with Crippen LogP contribution in [0.5, 0.6) is 0 Å². The highest BCUT2D eigenvalue weighted by Crippen LogP contribution is 2.26. The number of fused-ring (bicyclic) bond motifs is 2. The molecule has 1 aromatic carbocycles. The minimum absolute atomic E-state index is 0.0208. The molecule has 0 spiro atoms. The molecule has 0 unspecified atom stereocenters. The van der Waals surface area contributed by atoms with Crippen LogP contribution in [0.2, 0.25) is 0 Å². The van der Waals surface area contributed by atoms with Crippen molar-refractivity contribution in [3.05, 3.63) is 64.9 Å². The number of rotatable bonds is 2. The second-order valence-corrected chi connectivity index (χ2v) is 7.91. The van der Waals surface area contributed by atoms with Gasteiger partial charge in [0.15, 0.2) is 11.5 Å². The van der Waals surface area contributed by atoms with E-state index in [-0.39, 0.29) is 17.4 Å². The fourth-order valence-corrected chi connectivity index (χ4v) is 4.27. The van der Waals surface area contributed by atoms with Crippen molar-refractivity contribution in [3.8, 4) is 11.1 Å². The number of benzene rings is 1. The molecule has 1 N–H and O–H groups in total. The van der Waals surface area contributed by atoms with E-state index in [0.29, 0.717) is 28.2 Å². The molecule has 0 saturated carbocycles. The number of nitrogens with zero attached hydrogens (tertiary/aromatic N) is 4. The summed E-state index contributed by atoms with van der Waals surface area (Å²) < 4.78 is 17.9. The molecule has 7 heteroatoms. The van der Waals surface area contributed by atoms with Crippen molar-refractivity contribution >= 4 is 16.6 Å². The van der Waals surface area contributed by atoms with Gasteiger partial charge in [-0.1, -0.05) is 6.07 Å². The Labute approximate surface area is 167 Å². The van der Waals surface area contributed by atoms with Crippen LogP contribution in [0.25, 0.3) is 27.7 Å². The van der Waals surface area contributed by atoms with Crippen LogP contribution >= 0.6 is 0 Å². The van der Waals surface area contributed by atoms with Gasteiger partial charge in [0.05, 0.1) is 22.9 Å². The largest absolute Gasteiger partial charge is 0.314 e. The topological polar surface area (TPSA) is 64.2 Å². The molecule has 0 amide bonds. The van der Waals surface area contributed by atoms with Crippen LogP contribution in [-0.4, -0.2) is 31.5 Å². The normalized spacial score (nSPS) is 19.8. The van der Waals surface area contributed by atoms with Crippen molar-refractivity contribution in [1.82, 2.24) is 24.3 Å². The van der Waals surface area contributed by atoms with Crippen molar-refractivity contribution in [3.63, 3.8) is 0 Å². The Balaban J connectivity index is 1.58. The van der Waals surface area contributed by atoms with Gasteiger partial charge in [0.1, 0.15) is 0 Å². The van der Waals surface area contributed by atoms with Gasteiger partial charge in [0.2, 0.25) is 0 Å². The maximum Gasteiger partial charge on any atom is 0.261 e. The molecule has 3 aromatic heterocycles. The number of piperidine rings is 1. The molecule has 4 heterocycles. The minimum Gasteiger partial charge on any atom is -0.314 e. The highest BCUT2D eigenvalue weighted by atomic mass is 19.1. The molecule has 1 aliphatic rings. The van der Waals surface area contributed by atoms with E-state index in [2.05, 4.69) is 22.2 Å². The van der Waals surface area contributed by atoms with E-state index >= 15 is 0 Å². The van der Waals surface area contributed by atoms with Gasteiger partial charge in [0.25, 0.3) is 5.56 Å². The first-order chi connectivity index (χ1) is 14.0. The molecule has 0 aliphatic carbocycles. The lowest BCUT2D eigenvalue weighted by Crippen LogP contribution is -2.39. The smallest absolute Gasteiger partial charge is 0.261 e. The van der Waals surface area contributed by atoms with E-state index in [1.54, 1.807) is 27.6 Å². The third kappa shape index (κ3) is 3.11. The molecule has 0 radical (unpaired) electrons. The molecule has 6 nitrogen and oxygen atoms in total. The quantitative estimate of drug-likeness (QED) is 0.568. The highest BCUT2D eigenvalue weighted by molar-refractivity contribution is 5.83. The summed E-state index contributed by atoms with van der Waals surface area (Å²) in [6.45, 7) is 4.87. The van der Waals surface area contributed by atoms with E-state index < -0.39 is 0 Å². The van der Waals surface area contributed by atoms with Crippen molar-refractivity contribution in [1.29, 1.82) is 0 Å². The monoisotopic (exact) mass is 391 g/mol. The Morgan fingerprint density at radius 2 is 2.07 bits per heavy atom. The van der Waals surface area contributed by atoms with Crippen LogP contribution in [0.1, 0.15) is 31.5 Å². The van der Waals surface area contributed by atoms with Crippen LogP contribution in [0.4, 0.5) is 4.39 Å². The Morgan fingerprint density at radius 3 is 2.90 bits per heavy atom. The Morgan fingerprint density at radius 1 is 1.21 bits per heavy atom. The predicted octanol–water partition coefficient (Wildman–Crippen LogP) is 3.47. The maximum absolute atomic E-state index is 14.5. The second-order valence-electron chi connectivity index (χ2n) is 7.91. The summed E-state index contributed by atoms with van der Waals surface area (Å²) in [6, 6.07) is 7.51. The lowest BCUT2D eigenvalue weighted by atomic mass is 10.00. The maximum atomic E-state index is 14.5. The molecule has 4 aromatic rings. The zero-order valence-corrected chi connectivity index (χ0v) is 16.4. The Bertz CT molecular complexity index is 1290. The fraction of sp³-hybridized carbons (Fsp3) is 0.318. The molecule has 1 saturated heterocycles. The van der Waals surface area contributed by atoms with Gasteiger partial charge in [-0.15, -0.1) is 0 Å². The van der Waals surface area contributed by atoms with Crippen molar-refractivity contribution in [2.45, 2.75) is 38.8 Å². The summed E-state index contributed by atoms with van der Waals surface area (Å²) >= 11 is 0. The minimum atomic E-state index is -0.376. The van der Waals surface area contributed by atoms with Crippen LogP contribution in [0.3, 0.4) is 0 Å². The summed E-state index contributed by atoms with van der Waals surface area (Å²) in [5.41, 5.74) is 3.19. The average Bonchev–Trinajstić information content (AvgIpc) is 3.09. The summed E-state index contributed by atoms with van der Waals surface area (Å²) in [7, 11) is 0. The molecule has 2 atom stereocenters. The number of hydrogen-bond donors (Lipinski definition) is 1. The lowest BCUT2D eigenvalue weighted by Gasteiger charge is -2.29. The van der Waals surface area contributed by atoms with Gasteiger partial charge < -0.3 is 9.72 Å². The zero-order chi connectivity index (χ0) is 20.1. The zero-order valence-electron chi connectivity index (χ0n) is 16.4. The number of nitrogens with one attached hydrogen (secondary N) is 1. The van der Waals surface area contributed by atoms with E-state index in [1.165, 1.54) is 6.07 Å². The molecule has 1 aliphatic heterocycles. The van der Waals surface area contributed by atoms with Gasteiger partial charge in [-0.25, -0.2) is 14.4 Å². The molecular formula is C22H22FN5O. The molecule has 5 rings (SSSR count). The Kier molecular flexibility index (Phi) is 4.20. The van der Waals surface area contributed by atoms with E-state index in [0.717, 1.165) is 30.6 Å². The van der Waals surface area contributed by atoms with Crippen LogP contribution in [0, 0.1) is 12.7 Å². The second kappa shape index (κ2) is 6.77. The number of hydrogen-bond acceptors (Lipinski definition) is 4. The number of imidazole rings is 1. The summed E-state index contributed by atoms with van der Waals surface area (Å²) in [6.07, 6.45) is 7.12. The molecule has 1 fully saturated rings. The average molecular weight is 391 g/mol. The predicted molar refractivity (Wildman–Crippen MR) is 111 cm³/mol. The van der Waals surface area contributed by atoms with Gasteiger partial charge in [-0.05, 0) is 57.0 Å². The molecule has 0 bridgehead atoms. The van der Waals surface area contributed by atoms with Gasteiger partial charge in [0, 0.05) is 30.0 Å². The van der Waals surface area contributed by atoms with Crippen molar-refractivity contribution in [2.24, 2.45) is 0 Å². The number of pyridine rings is 1. The number of aromatic nitrogens is 4. The molecular weight excluding hydrogens is 369 g/mol. The van der Waals surface area contributed by atoms with Crippen LogP contribution < -0.4 is 10.9 Å². The first kappa shape index (κ1) is 18.0. The highest BCUT2D eigenvalue weighted by Gasteiger charge is 2.21. The van der Waals surface area contributed by atoms with E-state index in [9.17, 15) is 9.18 Å². The lowest BCUT2D eigenvalue weighted by molar-refractivity contribution is 0.307. The summed E-state index contributed by atoms with van der Waals surface area (Å²) in [5, 5.41) is 4.00. The third-order valence-corrected chi connectivity index (χ3v) is 5.73. The molecule has 29 heavy (non-hydrogen) atoms. The standard InChI is InChI=1S/C22H22FN5O/c1-13-7-17(5-6-24-13)28-12-25-20-9-15(3-4-18(20)22(28)29)16-8-19(23)21-26-14(2)10-27(21)11-16/h3-4,8-13,17,24H,5-7H2,1-2H3/t13-,17+/m1/s1. The third-order valence-electron chi connectivity index (χ3n) is 5.73. The van der Waals surface area contributed by atoms with Gasteiger partial charge in [-0.3, -0.25) is 9.36 Å².